The fourth-order valence-corrected chi connectivity index (χ4v) is 3.24. The number of nitrogens with one attached hydrogen (secondary N) is 1. The molecule has 24 heavy (non-hydrogen) atoms. The van der Waals surface area contributed by atoms with Crippen LogP contribution in [0.5, 0.6) is 0 Å². The summed E-state index contributed by atoms with van der Waals surface area (Å²) in [6.07, 6.45) is -3.42. The van der Waals surface area contributed by atoms with Crippen molar-refractivity contribution >= 4 is 11.5 Å². The molecule has 1 aromatic heterocycles. The van der Waals surface area contributed by atoms with Crippen molar-refractivity contribution in [1.82, 2.24) is 9.88 Å². The van der Waals surface area contributed by atoms with Crippen molar-refractivity contribution in [1.29, 1.82) is 0 Å². The predicted octanol–water partition coefficient (Wildman–Crippen LogP) is 2.28. The van der Waals surface area contributed by atoms with Gasteiger partial charge in [0.15, 0.2) is 0 Å². The van der Waals surface area contributed by atoms with E-state index in [0.29, 0.717) is 32.7 Å². The first kappa shape index (κ1) is 17.3. The van der Waals surface area contributed by atoms with Crippen LogP contribution in [0.1, 0.15) is 12.1 Å². The highest BCUT2D eigenvalue weighted by atomic mass is 19.4. The van der Waals surface area contributed by atoms with Crippen molar-refractivity contribution in [2.45, 2.75) is 25.6 Å². The van der Waals surface area contributed by atoms with E-state index in [2.05, 4.69) is 15.2 Å². The molecule has 0 aliphatic carbocycles. The normalized spacial score (nSPS) is 22.8. The van der Waals surface area contributed by atoms with E-state index in [1.54, 1.807) is 0 Å². The third-order valence-electron chi connectivity index (χ3n) is 4.44. The first-order valence-corrected chi connectivity index (χ1v) is 8.27. The summed E-state index contributed by atoms with van der Waals surface area (Å²) in [5.74, 6) is 0.923. The Kier molecular flexibility index (Phi) is 5.15. The van der Waals surface area contributed by atoms with E-state index in [-0.39, 0.29) is 6.04 Å². The molecule has 2 aliphatic rings. The Morgan fingerprint density at radius 2 is 2.00 bits per heavy atom. The predicted molar refractivity (Wildman–Crippen MR) is 86.5 cm³/mol. The van der Waals surface area contributed by atoms with Crippen LogP contribution < -0.4 is 10.2 Å². The van der Waals surface area contributed by atoms with Crippen LogP contribution in [0.2, 0.25) is 0 Å². The number of hydrogen-bond acceptors (Lipinski definition) is 5. The number of nitrogens with zero attached hydrogens (tertiary/aromatic N) is 3. The van der Waals surface area contributed by atoms with E-state index < -0.39 is 12.7 Å². The summed E-state index contributed by atoms with van der Waals surface area (Å²) in [5.41, 5.74) is 1.76. The van der Waals surface area contributed by atoms with Crippen LogP contribution in [-0.4, -0.2) is 68.0 Å². The van der Waals surface area contributed by atoms with E-state index in [4.69, 9.17) is 4.74 Å². The van der Waals surface area contributed by atoms with Crippen LogP contribution in [0.15, 0.2) is 12.1 Å². The molecule has 0 aromatic carbocycles. The maximum absolute atomic E-state index is 12.5. The molecule has 0 bridgehead atoms. The maximum atomic E-state index is 12.5. The van der Waals surface area contributed by atoms with Crippen molar-refractivity contribution in [3.8, 4) is 0 Å². The number of likely N-dealkylation sites (tertiary alicyclic amines) is 1. The minimum absolute atomic E-state index is 0.0297. The lowest BCUT2D eigenvalue weighted by Crippen LogP contribution is -2.37. The zero-order valence-corrected chi connectivity index (χ0v) is 13.8. The van der Waals surface area contributed by atoms with Gasteiger partial charge in [0.05, 0.1) is 31.1 Å². The van der Waals surface area contributed by atoms with Crippen molar-refractivity contribution in [2.24, 2.45) is 0 Å². The largest absolute Gasteiger partial charge is 0.401 e. The summed E-state index contributed by atoms with van der Waals surface area (Å²) in [6.45, 7) is 5.03. The van der Waals surface area contributed by atoms with Gasteiger partial charge < -0.3 is 15.0 Å². The molecule has 1 aromatic rings. The molecule has 3 rings (SSSR count). The number of aryl methyl sites for hydroxylation is 1. The van der Waals surface area contributed by atoms with Gasteiger partial charge in [0.25, 0.3) is 0 Å². The number of aromatic nitrogens is 1. The van der Waals surface area contributed by atoms with Crippen LogP contribution >= 0.6 is 0 Å². The number of ether oxygens (including phenoxy) is 1. The SMILES string of the molecule is Cc1nc(N2CCOCC2)ccc1NC1CCN(CC(F)(F)F)C1. The highest BCUT2D eigenvalue weighted by Crippen LogP contribution is 2.24. The Hall–Kier alpha value is -1.54. The molecule has 134 valence electrons. The van der Waals surface area contributed by atoms with Gasteiger partial charge in [-0.2, -0.15) is 13.2 Å². The lowest BCUT2D eigenvalue weighted by atomic mass is 10.2. The molecule has 1 unspecified atom stereocenters. The highest BCUT2D eigenvalue weighted by molar-refractivity contribution is 5.54. The molecular formula is C16H23F3N4O. The van der Waals surface area contributed by atoms with Crippen molar-refractivity contribution < 1.29 is 17.9 Å². The molecule has 0 radical (unpaired) electrons. The number of pyridine rings is 1. The molecule has 0 saturated carbocycles. The monoisotopic (exact) mass is 344 g/mol. The van der Waals surface area contributed by atoms with Crippen LogP contribution in [0.4, 0.5) is 24.7 Å². The fourth-order valence-electron chi connectivity index (χ4n) is 3.24. The minimum atomic E-state index is -4.13. The molecule has 1 atom stereocenters. The summed E-state index contributed by atoms with van der Waals surface area (Å²) in [7, 11) is 0. The smallest absolute Gasteiger partial charge is 0.380 e. The van der Waals surface area contributed by atoms with E-state index in [0.717, 1.165) is 30.3 Å². The van der Waals surface area contributed by atoms with Crippen LogP contribution in [0.3, 0.4) is 0 Å². The molecule has 2 fully saturated rings. The van der Waals surface area contributed by atoms with Crippen LogP contribution in [-0.2, 0) is 4.74 Å². The highest BCUT2D eigenvalue weighted by Gasteiger charge is 2.34. The van der Waals surface area contributed by atoms with Gasteiger partial charge >= 0.3 is 6.18 Å². The van der Waals surface area contributed by atoms with Gasteiger partial charge in [-0.3, -0.25) is 4.90 Å². The number of hydrogen-bond donors (Lipinski definition) is 1. The Balaban J connectivity index is 1.58. The van der Waals surface area contributed by atoms with Crippen molar-refractivity contribution in [3.63, 3.8) is 0 Å². The molecule has 5 nitrogen and oxygen atoms in total. The Morgan fingerprint density at radius 3 is 2.67 bits per heavy atom. The Labute approximate surface area is 139 Å². The number of halogens is 3. The second-order valence-corrected chi connectivity index (χ2v) is 6.38. The minimum Gasteiger partial charge on any atom is -0.380 e. The number of rotatable bonds is 4. The molecule has 0 amide bonds. The van der Waals surface area contributed by atoms with Gasteiger partial charge in [-0.05, 0) is 25.5 Å². The first-order chi connectivity index (χ1) is 11.4. The number of morpholine rings is 1. The standard InChI is InChI=1S/C16H23F3N4O/c1-12-14(2-3-15(20-12)23-6-8-24-9-7-23)21-13-4-5-22(10-13)11-16(17,18)19/h2-3,13,21H,4-11H2,1H3. The maximum Gasteiger partial charge on any atom is 0.401 e. The average Bonchev–Trinajstić information content (AvgIpc) is 2.95. The number of alkyl halides is 3. The van der Waals surface area contributed by atoms with E-state index in [1.807, 2.05) is 19.1 Å². The summed E-state index contributed by atoms with van der Waals surface area (Å²) >= 11 is 0. The van der Waals surface area contributed by atoms with E-state index in [1.165, 1.54) is 4.90 Å². The van der Waals surface area contributed by atoms with E-state index in [9.17, 15) is 13.2 Å². The zero-order valence-electron chi connectivity index (χ0n) is 13.8. The third kappa shape index (κ3) is 4.51. The van der Waals surface area contributed by atoms with Gasteiger partial charge in [0, 0.05) is 32.2 Å². The first-order valence-electron chi connectivity index (χ1n) is 8.27. The fraction of sp³-hybridized carbons (Fsp3) is 0.688. The summed E-state index contributed by atoms with van der Waals surface area (Å²) < 4.78 is 42.7. The quantitative estimate of drug-likeness (QED) is 0.907. The van der Waals surface area contributed by atoms with E-state index >= 15 is 0 Å². The van der Waals surface area contributed by atoms with Gasteiger partial charge in [-0.1, -0.05) is 0 Å². The summed E-state index contributed by atoms with van der Waals surface area (Å²) in [6, 6.07) is 3.96. The van der Waals surface area contributed by atoms with Crippen LogP contribution in [0.25, 0.3) is 0 Å². The molecule has 3 heterocycles. The zero-order chi connectivity index (χ0) is 17.2. The van der Waals surface area contributed by atoms with Gasteiger partial charge in [-0.25, -0.2) is 4.98 Å². The molecule has 1 N–H and O–H groups in total. The Morgan fingerprint density at radius 1 is 1.25 bits per heavy atom. The second kappa shape index (κ2) is 7.14. The van der Waals surface area contributed by atoms with Crippen molar-refractivity contribution in [2.75, 3.05) is 56.2 Å². The second-order valence-electron chi connectivity index (χ2n) is 6.38. The van der Waals surface area contributed by atoms with Crippen LogP contribution in [0, 0.1) is 6.92 Å². The third-order valence-corrected chi connectivity index (χ3v) is 4.44. The Bertz CT molecular complexity index is 561. The molecule has 8 heteroatoms. The topological polar surface area (TPSA) is 40.6 Å². The van der Waals surface area contributed by atoms with Gasteiger partial charge in [0.1, 0.15) is 5.82 Å². The molecule has 2 aliphatic heterocycles. The molecule has 0 spiro atoms. The van der Waals surface area contributed by atoms with Gasteiger partial charge in [0.2, 0.25) is 0 Å². The summed E-state index contributed by atoms with van der Waals surface area (Å²) in [5, 5.41) is 3.34. The van der Waals surface area contributed by atoms with Crippen molar-refractivity contribution in [3.05, 3.63) is 17.8 Å². The lowest BCUT2D eigenvalue weighted by Gasteiger charge is -2.28. The van der Waals surface area contributed by atoms with Gasteiger partial charge in [-0.15, -0.1) is 0 Å². The molecule has 2 saturated heterocycles. The lowest BCUT2D eigenvalue weighted by molar-refractivity contribution is -0.143. The summed E-state index contributed by atoms with van der Waals surface area (Å²) in [4.78, 5) is 8.26. The number of anilines is 2. The average molecular weight is 344 g/mol. The molecular weight excluding hydrogens is 321 g/mol.